The Labute approximate surface area is 119 Å². The molecule has 2 aromatic rings. The zero-order valence-corrected chi connectivity index (χ0v) is 11.3. The quantitative estimate of drug-likeness (QED) is 0.780. The number of hydrogen-bond acceptors (Lipinski definition) is 2. The van der Waals surface area contributed by atoms with Crippen LogP contribution in [0.15, 0.2) is 54.6 Å². The molecule has 0 aromatic heterocycles. The van der Waals surface area contributed by atoms with Gasteiger partial charge in [0.25, 0.3) is 0 Å². The van der Waals surface area contributed by atoms with Crippen molar-refractivity contribution in [3.8, 4) is 0 Å². The Kier molecular flexibility index (Phi) is 5.15. The molecule has 4 nitrogen and oxygen atoms in total. The van der Waals surface area contributed by atoms with Gasteiger partial charge in [0, 0.05) is 12.2 Å². The lowest BCUT2D eigenvalue weighted by Crippen LogP contribution is -2.28. The van der Waals surface area contributed by atoms with E-state index in [0.717, 1.165) is 17.7 Å². The van der Waals surface area contributed by atoms with Gasteiger partial charge in [0.2, 0.25) is 0 Å². The minimum Gasteiger partial charge on any atom is -0.334 e. The molecule has 0 fully saturated rings. The van der Waals surface area contributed by atoms with Crippen molar-refractivity contribution in [2.75, 3.05) is 11.9 Å². The van der Waals surface area contributed by atoms with Gasteiger partial charge in [-0.25, -0.2) is 4.79 Å². The van der Waals surface area contributed by atoms with E-state index in [2.05, 4.69) is 10.6 Å². The molecule has 4 N–H and O–H groups in total. The van der Waals surface area contributed by atoms with Crippen LogP contribution in [0.1, 0.15) is 11.1 Å². The van der Waals surface area contributed by atoms with Crippen molar-refractivity contribution in [2.45, 2.75) is 13.0 Å². The van der Waals surface area contributed by atoms with Crippen LogP contribution in [0.2, 0.25) is 0 Å². The summed E-state index contributed by atoms with van der Waals surface area (Å²) in [6.07, 6.45) is 0.848. The second-order valence-corrected chi connectivity index (χ2v) is 4.53. The van der Waals surface area contributed by atoms with Crippen molar-refractivity contribution in [2.24, 2.45) is 5.73 Å². The topological polar surface area (TPSA) is 67.1 Å². The number of hydrogen-bond donors (Lipinski definition) is 3. The van der Waals surface area contributed by atoms with Gasteiger partial charge in [-0.1, -0.05) is 42.5 Å². The first-order chi connectivity index (χ1) is 9.78. The lowest BCUT2D eigenvalue weighted by Gasteiger charge is -2.08. The molecule has 0 heterocycles. The molecule has 20 heavy (non-hydrogen) atoms. The highest BCUT2D eigenvalue weighted by Crippen LogP contribution is 2.09. The van der Waals surface area contributed by atoms with Gasteiger partial charge in [-0.05, 0) is 36.2 Å². The summed E-state index contributed by atoms with van der Waals surface area (Å²) in [6.45, 7) is 1.14. The predicted molar refractivity (Wildman–Crippen MR) is 81.5 cm³/mol. The lowest BCUT2D eigenvalue weighted by atomic mass is 10.1. The molecule has 2 amide bonds. The summed E-state index contributed by atoms with van der Waals surface area (Å²) in [5.74, 6) is 0. The molecular formula is C16H19N3O. The van der Waals surface area contributed by atoms with E-state index in [4.69, 9.17) is 5.73 Å². The van der Waals surface area contributed by atoms with E-state index in [9.17, 15) is 4.79 Å². The van der Waals surface area contributed by atoms with Crippen molar-refractivity contribution in [3.63, 3.8) is 0 Å². The highest BCUT2D eigenvalue weighted by Gasteiger charge is 2.01. The maximum Gasteiger partial charge on any atom is 0.319 e. The van der Waals surface area contributed by atoms with Crippen LogP contribution in [-0.4, -0.2) is 12.6 Å². The van der Waals surface area contributed by atoms with Crippen LogP contribution in [0.3, 0.4) is 0 Å². The molecule has 4 heteroatoms. The molecule has 0 aliphatic carbocycles. The van der Waals surface area contributed by atoms with E-state index in [-0.39, 0.29) is 6.03 Å². The van der Waals surface area contributed by atoms with Crippen molar-refractivity contribution >= 4 is 11.7 Å². The highest BCUT2D eigenvalue weighted by molar-refractivity contribution is 5.89. The SMILES string of the molecule is NCCc1ccc(NC(=O)NCc2ccccc2)cc1. The Bertz CT molecular complexity index is 537. The normalized spacial score (nSPS) is 10.1. The van der Waals surface area contributed by atoms with Gasteiger partial charge in [-0.2, -0.15) is 0 Å². The van der Waals surface area contributed by atoms with Crippen molar-refractivity contribution in [1.82, 2.24) is 5.32 Å². The first-order valence-electron chi connectivity index (χ1n) is 6.66. The van der Waals surface area contributed by atoms with E-state index in [1.54, 1.807) is 0 Å². The van der Waals surface area contributed by atoms with E-state index in [1.807, 2.05) is 54.6 Å². The lowest BCUT2D eigenvalue weighted by molar-refractivity contribution is 0.251. The minimum absolute atomic E-state index is 0.208. The molecule has 0 saturated carbocycles. The summed E-state index contributed by atoms with van der Waals surface area (Å²) < 4.78 is 0. The molecule has 0 aliphatic rings. The zero-order valence-electron chi connectivity index (χ0n) is 11.3. The van der Waals surface area contributed by atoms with Crippen LogP contribution < -0.4 is 16.4 Å². The zero-order chi connectivity index (χ0) is 14.2. The number of nitrogens with one attached hydrogen (secondary N) is 2. The molecule has 0 aliphatic heterocycles. The van der Waals surface area contributed by atoms with Crippen LogP contribution in [0.4, 0.5) is 10.5 Å². The first-order valence-corrected chi connectivity index (χ1v) is 6.66. The first kappa shape index (κ1) is 14.1. The van der Waals surface area contributed by atoms with Gasteiger partial charge in [-0.3, -0.25) is 0 Å². The number of rotatable bonds is 5. The fourth-order valence-electron chi connectivity index (χ4n) is 1.87. The second-order valence-electron chi connectivity index (χ2n) is 4.53. The number of amides is 2. The molecule has 0 spiro atoms. The number of anilines is 1. The fraction of sp³-hybridized carbons (Fsp3) is 0.188. The molecule has 104 valence electrons. The van der Waals surface area contributed by atoms with Gasteiger partial charge in [0.15, 0.2) is 0 Å². The van der Waals surface area contributed by atoms with Gasteiger partial charge < -0.3 is 16.4 Å². The molecule has 0 unspecified atom stereocenters. The smallest absolute Gasteiger partial charge is 0.319 e. The third-order valence-corrected chi connectivity index (χ3v) is 2.94. The van der Waals surface area contributed by atoms with Crippen LogP contribution in [-0.2, 0) is 13.0 Å². The standard InChI is InChI=1S/C16H19N3O/c17-11-10-13-6-8-15(9-7-13)19-16(20)18-12-14-4-2-1-3-5-14/h1-9H,10-12,17H2,(H2,18,19,20). The Hall–Kier alpha value is -2.33. The van der Waals surface area contributed by atoms with E-state index in [0.29, 0.717) is 13.1 Å². The van der Waals surface area contributed by atoms with Gasteiger partial charge in [0.1, 0.15) is 0 Å². The van der Waals surface area contributed by atoms with Crippen molar-refractivity contribution < 1.29 is 4.79 Å². The summed E-state index contributed by atoms with van der Waals surface area (Å²) >= 11 is 0. The predicted octanol–water partition coefficient (Wildman–Crippen LogP) is 2.51. The number of carbonyl (C=O) groups is 1. The number of urea groups is 1. The third-order valence-electron chi connectivity index (χ3n) is 2.94. The summed E-state index contributed by atoms with van der Waals surface area (Å²) in [6, 6.07) is 17.3. The largest absolute Gasteiger partial charge is 0.334 e. The molecule has 0 radical (unpaired) electrons. The van der Waals surface area contributed by atoms with E-state index < -0.39 is 0 Å². The van der Waals surface area contributed by atoms with E-state index >= 15 is 0 Å². The van der Waals surface area contributed by atoms with Crippen LogP contribution in [0.5, 0.6) is 0 Å². The number of nitrogens with two attached hydrogens (primary N) is 1. The maximum atomic E-state index is 11.8. The van der Waals surface area contributed by atoms with Crippen molar-refractivity contribution in [3.05, 3.63) is 65.7 Å². The highest BCUT2D eigenvalue weighted by atomic mass is 16.2. The van der Waals surface area contributed by atoms with Gasteiger partial charge >= 0.3 is 6.03 Å². The summed E-state index contributed by atoms with van der Waals surface area (Å²) in [5.41, 5.74) is 8.51. The molecule has 0 saturated heterocycles. The Morgan fingerprint density at radius 3 is 2.30 bits per heavy atom. The van der Waals surface area contributed by atoms with Crippen LogP contribution in [0, 0.1) is 0 Å². The second kappa shape index (κ2) is 7.31. The Morgan fingerprint density at radius 1 is 0.950 bits per heavy atom. The van der Waals surface area contributed by atoms with Crippen LogP contribution >= 0.6 is 0 Å². The summed E-state index contributed by atoms with van der Waals surface area (Å²) in [4.78, 5) is 11.8. The minimum atomic E-state index is -0.208. The fourth-order valence-corrected chi connectivity index (χ4v) is 1.87. The van der Waals surface area contributed by atoms with Gasteiger partial charge in [-0.15, -0.1) is 0 Å². The average molecular weight is 269 g/mol. The van der Waals surface area contributed by atoms with Gasteiger partial charge in [0.05, 0.1) is 0 Å². The van der Waals surface area contributed by atoms with Crippen molar-refractivity contribution in [1.29, 1.82) is 0 Å². The molecule has 2 aromatic carbocycles. The van der Waals surface area contributed by atoms with E-state index in [1.165, 1.54) is 5.56 Å². The number of carbonyl (C=O) groups excluding carboxylic acids is 1. The Morgan fingerprint density at radius 2 is 1.65 bits per heavy atom. The summed E-state index contributed by atoms with van der Waals surface area (Å²) in [7, 11) is 0. The maximum absolute atomic E-state index is 11.8. The Balaban J connectivity index is 1.82. The molecule has 2 rings (SSSR count). The number of benzene rings is 2. The molecule has 0 bridgehead atoms. The monoisotopic (exact) mass is 269 g/mol. The third kappa shape index (κ3) is 4.40. The molecule has 0 atom stereocenters. The average Bonchev–Trinajstić information content (AvgIpc) is 2.49. The summed E-state index contributed by atoms with van der Waals surface area (Å²) in [5, 5.41) is 5.62. The van der Waals surface area contributed by atoms with Crippen LogP contribution in [0.25, 0.3) is 0 Å². The molecular weight excluding hydrogens is 250 g/mol.